The number of hydrogen-bond acceptors (Lipinski definition) is 0. The normalized spacial score (nSPS) is 36.3. The standard InChI is InChI=1S/C19H35/c1-13(2)15-10-11-16(14(3)4)18(15)17-9-7-8-12-19(17,5)6/h13-16,18H,7-12H2,1-6H3. The second-order valence-electron chi connectivity index (χ2n) is 8.54. The Hall–Kier alpha value is 0. The summed E-state index contributed by atoms with van der Waals surface area (Å²) in [6, 6.07) is 0. The van der Waals surface area contributed by atoms with E-state index in [1.165, 1.54) is 38.5 Å². The number of hydrogen-bond donors (Lipinski definition) is 0. The smallest absolute Gasteiger partial charge is 0.0148 e. The van der Waals surface area contributed by atoms with Crippen LogP contribution in [-0.2, 0) is 0 Å². The minimum atomic E-state index is 0.507. The minimum absolute atomic E-state index is 0.507. The maximum atomic E-state index is 2.52. The van der Waals surface area contributed by atoms with E-state index in [0.717, 1.165) is 29.6 Å². The minimum Gasteiger partial charge on any atom is -0.0625 e. The van der Waals surface area contributed by atoms with Gasteiger partial charge in [0.15, 0.2) is 0 Å². The van der Waals surface area contributed by atoms with Gasteiger partial charge in [-0.25, -0.2) is 0 Å². The van der Waals surface area contributed by atoms with E-state index in [1.54, 1.807) is 0 Å². The lowest BCUT2D eigenvalue weighted by Crippen LogP contribution is -2.38. The van der Waals surface area contributed by atoms with Gasteiger partial charge >= 0.3 is 0 Å². The lowest BCUT2D eigenvalue weighted by Gasteiger charge is -2.47. The zero-order chi connectivity index (χ0) is 14.2. The highest BCUT2D eigenvalue weighted by atomic mass is 14.5. The first-order valence-corrected chi connectivity index (χ1v) is 8.71. The van der Waals surface area contributed by atoms with Gasteiger partial charge in [-0.15, -0.1) is 0 Å². The molecule has 0 aromatic carbocycles. The van der Waals surface area contributed by atoms with E-state index in [0.29, 0.717) is 5.41 Å². The van der Waals surface area contributed by atoms with E-state index in [9.17, 15) is 0 Å². The Kier molecular flexibility index (Phi) is 4.68. The Morgan fingerprint density at radius 1 is 0.895 bits per heavy atom. The van der Waals surface area contributed by atoms with Gasteiger partial charge in [0.2, 0.25) is 0 Å². The molecule has 0 aromatic rings. The molecular formula is C19H35. The van der Waals surface area contributed by atoms with Crippen LogP contribution in [0.1, 0.15) is 80.1 Å². The Morgan fingerprint density at radius 3 is 1.84 bits per heavy atom. The molecule has 2 saturated carbocycles. The van der Waals surface area contributed by atoms with Crippen molar-refractivity contribution in [3.05, 3.63) is 5.92 Å². The van der Waals surface area contributed by atoms with Gasteiger partial charge in [0.05, 0.1) is 0 Å². The highest BCUT2D eigenvalue weighted by Crippen LogP contribution is 2.57. The van der Waals surface area contributed by atoms with Gasteiger partial charge in [-0.3, -0.25) is 0 Å². The zero-order valence-corrected chi connectivity index (χ0v) is 14.1. The van der Waals surface area contributed by atoms with Crippen LogP contribution < -0.4 is 0 Å². The molecular weight excluding hydrogens is 228 g/mol. The van der Waals surface area contributed by atoms with Crippen LogP contribution in [0, 0.1) is 40.9 Å². The third-order valence-corrected chi connectivity index (χ3v) is 6.24. The first-order valence-electron chi connectivity index (χ1n) is 8.71. The van der Waals surface area contributed by atoms with Crippen LogP contribution in [0.4, 0.5) is 0 Å². The predicted molar refractivity (Wildman–Crippen MR) is 84.9 cm³/mol. The van der Waals surface area contributed by atoms with E-state index in [2.05, 4.69) is 41.5 Å². The molecule has 2 aliphatic rings. The van der Waals surface area contributed by atoms with Crippen LogP contribution in [-0.4, -0.2) is 0 Å². The molecule has 0 amide bonds. The fourth-order valence-corrected chi connectivity index (χ4v) is 5.07. The van der Waals surface area contributed by atoms with E-state index in [-0.39, 0.29) is 0 Å². The molecule has 0 nitrogen and oxygen atoms in total. The monoisotopic (exact) mass is 263 g/mol. The molecule has 0 N–H and O–H groups in total. The van der Waals surface area contributed by atoms with E-state index < -0.39 is 0 Å². The molecule has 1 radical (unpaired) electrons. The van der Waals surface area contributed by atoms with E-state index >= 15 is 0 Å². The van der Waals surface area contributed by atoms with Crippen molar-refractivity contribution in [3.8, 4) is 0 Å². The van der Waals surface area contributed by atoms with Crippen LogP contribution >= 0.6 is 0 Å². The van der Waals surface area contributed by atoms with Gasteiger partial charge in [-0.1, -0.05) is 54.4 Å². The largest absolute Gasteiger partial charge is 0.0625 e. The lowest BCUT2D eigenvalue weighted by molar-refractivity contribution is 0.139. The van der Waals surface area contributed by atoms with Crippen LogP contribution in [0.5, 0.6) is 0 Å². The quantitative estimate of drug-likeness (QED) is 0.576. The van der Waals surface area contributed by atoms with Crippen LogP contribution in [0.15, 0.2) is 0 Å². The first-order chi connectivity index (χ1) is 8.84. The fourth-order valence-electron chi connectivity index (χ4n) is 5.07. The van der Waals surface area contributed by atoms with Crippen molar-refractivity contribution >= 4 is 0 Å². The zero-order valence-electron chi connectivity index (χ0n) is 14.1. The summed E-state index contributed by atoms with van der Waals surface area (Å²) in [7, 11) is 0. The van der Waals surface area contributed by atoms with Crippen LogP contribution in [0.25, 0.3) is 0 Å². The molecule has 2 aliphatic carbocycles. The molecule has 2 atom stereocenters. The molecule has 0 spiro atoms. The molecule has 0 bridgehead atoms. The summed E-state index contributed by atoms with van der Waals surface area (Å²) in [6.07, 6.45) is 8.70. The Labute approximate surface area is 121 Å². The Morgan fingerprint density at radius 2 is 1.42 bits per heavy atom. The van der Waals surface area contributed by atoms with Crippen molar-refractivity contribution in [1.29, 1.82) is 0 Å². The fraction of sp³-hybridized carbons (Fsp3) is 0.947. The highest BCUT2D eigenvalue weighted by Gasteiger charge is 2.48. The van der Waals surface area contributed by atoms with Gasteiger partial charge in [0, 0.05) is 0 Å². The second-order valence-corrected chi connectivity index (χ2v) is 8.54. The molecule has 0 saturated heterocycles. The summed E-state index contributed by atoms with van der Waals surface area (Å²) in [5.41, 5.74) is 0.507. The van der Waals surface area contributed by atoms with Gasteiger partial charge in [0.25, 0.3) is 0 Å². The summed E-state index contributed by atoms with van der Waals surface area (Å²) in [5, 5.41) is 0. The molecule has 0 aromatic heterocycles. The van der Waals surface area contributed by atoms with Crippen molar-refractivity contribution in [1.82, 2.24) is 0 Å². The number of rotatable bonds is 3. The molecule has 111 valence electrons. The SMILES string of the molecule is CC(C)C1CCC(C(C)C)C1[C]1CCCCC1(C)C. The molecule has 0 heteroatoms. The maximum Gasteiger partial charge on any atom is -0.0148 e. The van der Waals surface area contributed by atoms with Crippen molar-refractivity contribution in [2.24, 2.45) is 35.0 Å². The molecule has 19 heavy (non-hydrogen) atoms. The summed E-state index contributed by atoms with van der Waals surface area (Å²) in [6.45, 7) is 14.9. The van der Waals surface area contributed by atoms with Gasteiger partial charge in [0.1, 0.15) is 0 Å². The second kappa shape index (κ2) is 5.78. The van der Waals surface area contributed by atoms with Gasteiger partial charge < -0.3 is 0 Å². The topological polar surface area (TPSA) is 0 Å². The van der Waals surface area contributed by atoms with Crippen molar-refractivity contribution in [3.63, 3.8) is 0 Å². The van der Waals surface area contributed by atoms with Crippen LogP contribution in [0.2, 0.25) is 0 Å². The molecule has 2 fully saturated rings. The molecule has 0 heterocycles. The maximum absolute atomic E-state index is 2.52. The van der Waals surface area contributed by atoms with E-state index in [1.807, 2.05) is 5.92 Å². The predicted octanol–water partition coefficient (Wildman–Crippen LogP) is 6.12. The summed E-state index contributed by atoms with van der Waals surface area (Å²) >= 11 is 0. The summed E-state index contributed by atoms with van der Waals surface area (Å²) < 4.78 is 0. The van der Waals surface area contributed by atoms with Gasteiger partial charge in [-0.05, 0) is 66.6 Å². The van der Waals surface area contributed by atoms with Crippen molar-refractivity contribution in [2.75, 3.05) is 0 Å². The average molecular weight is 263 g/mol. The lowest BCUT2D eigenvalue weighted by atomic mass is 9.58. The Balaban J connectivity index is 2.24. The van der Waals surface area contributed by atoms with Gasteiger partial charge in [-0.2, -0.15) is 0 Å². The van der Waals surface area contributed by atoms with E-state index in [4.69, 9.17) is 0 Å². The summed E-state index contributed by atoms with van der Waals surface area (Å²) in [5.74, 6) is 6.52. The third-order valence-electron chi connectivity index (χ3n) is 6.24. The van der Waals surface area contributed by atoms with Crippen molar-refractivity contribution in [2.45, 2.75) is 80.1 Å². The first kappa shape index (κ1) is 15.4. The third kappa shape index (κ3) is 3.03. The van der Waals surface area contributed by atoms with Crippen LogP contribution in [0.3, 0.4) is 0 Å². The molecule has 0 aliphatic heterocycles. The molecule has 2 unspecified atom stereocenters. The Bertz CT molecular complexity index is 270. The van der Waals surface area contributed by atoms with Crippen molar-refractivity contribution < 1.29 is 0 Å². The average Bonchev–Trinajstić information content (AvgIpc) is 2.72. The summed E-state index contributed by atoms with van der Waals surface area (Å²) in [4.78, 5) is 0. The molecule has 2 rings (SSSR count). The highest BCUT2D eigenvalue weighted by molar-refractivity contribution is 5.14.